The molecule has 0 saturated carbocycles. The van der Waals surface area contributed by atoms with E-state index in [9.17, 15) is 4.79 Å². The van der Waals surface area contributed by atoms with Crippen LogP contribution in [0.4, 0.5) is 0 Å². The van der Waals surface area contributed by atoms with E-state index in [0.717, 1.165) is 0 Å². The molecule has 0 aliphatic rings. The van der Waals surface area contributed by atoms with Gasteiger partial charge in [0.05, 0.1) is 6.07 Å². The Bertz CT molecular complexity index is 148. The second kappa shape index (κ2) is 4.68. The predicted octanol–water partition coefficient (Wildman–Crippen LogP) is 0.913. The first kappa shape index (κ1) is 8.83. The number of carbonyl (C=O) groups is 1. The zero-order valence-corrected chi connectivity index (χ0v) is 5.96. The molecule has 3 heteroatoms. The van der Waals surface area contributed by atoms with Gasteiger partial charge in [-0.15, -0.1) is 0 Å². The van der Waals surface area contributed by atoms with Gasteiger partial charge in [-0.3, -0.25) is 4.79 Å². The van der Waals surface area contributed by atoms with Gasteiger partial charge in [-0.05, 0) is 6.42 Å². The molecule has 0 aliphatic carbocycles. The van der Waals surface area contributed by atoms with Crippen LogP contribution < -0.4 is 0 Å². The van der Waals surface area contributed by atoms with Crippen LogP contribution in [0.5, 0.6) is 0 Å². The lowest BCUT2D eigenvalue weighted by Gasteiger charge is -2.01. The minimum absolute atomic E-state index is 0.0943. The van der Waals surface area contributed by atoms with Crippen LogP contribution >= 0.6 is 0 Å². The van der Waals surface area contributed by atoms with Crippen LogP contribution in [0.2, 0.25) is 0 Å². The van der Waals surface area contributed by atoms with Crippen LogP contribution in [0.3, 0.4) is 0 Å². The number of hydrogen-bond donors (Lipinski definition) is 0. The van der Waals surface area contributed by atoms with E-state index in [1.165, 1.54) is 0 Å². The summed E-state index contributed by atoms with van der Waals surface area (Å²) in [5, 5.41) is 8.35. The maximum atomic E-state index is 10.7. The van der Waals surface area contributed by atoms with Crippen LogP contribution in [-0.4, -0.2) is 12.6 Å². The summed E-state index contributed by atoms with van der Waals surface area (Å²) in [6.45, 7) is 5.18. The summed E-state index contributed by atoms with van der Waals surface area (Å²) < 4.78 is 4.51. The van der Waals surface area contributed by atoms with Gasteiger partial charge in [0.15, 0.2) is 0 Å². The highest BCUT2D eigenvalue weighted by molar-refractivity contribution is 5.75. The number of rotatable bonds is 3. The minimum atomic E-state index is -0.623. The Balaban J connectivity index is 3.80. The highest BCUT2D eigenvalue weighted by atomic mass is 16.5. The average molecular weight is 140 g/mol. The minimum Gasteiger partial charge on any atom is -0.422 e. The van der Waals surface area contributed by atoms with Crippen molar-refractivity contribution in [3.63, 3.8) is 0 Å². The molecule has 0 rings (SSSR count). The van der Waals surface area contributed by atoms with Gasteiger partial charge in [0, 0.05) is 0 Å². The molecule has 0 bridgehead atoms. The Kier molecular flexibility index (Phi) is 4.14. The molecule has 0 aromatic carbocycles. The Hall–Kier alpha value is -1.17. The Morgan fingerprint density at radius 2 is 2.50 bits per heavy atom. The van der Waals surface area contributed by atoms with E-state index in [2.05, 4.69) is 11.7 Å². The van der Waals surface area contributed by atoms with Gasteiger partial charge in [0.1, 0.15) is 12.8 Å². The SMILES string of the molecule is [CH2+]COC(=O)C(C#N)CC. The van der Waals surface area contributed by atoms with E-state index >= 15 is 0 Å². The number of esters is 1. The lowest BCUT2D eigenvalue weighted by Crippen LogP contribution is -2.14. The number of carbonyl (C=O) groups excluding carboxylic acids is 1. The van der Waals surface area contributed by atoms with Gasteiger partial charge in [0.25, 0.3) is 0 Å². The van der Waals surface area contributed by atoms with Crippen molar-refractivity contribution in [3.05, 3.63) is 6.92 Å². The molecule has 0 spiro atoms. The fourth-order valence-electron chi connectivity index (χ4n) is 0.512. The number of ether oxygens (including phenoxy) is 1. The van der Waals surface area contributed by atoms with E-state index in [-0.39, 0.29) is 6.61 Å². The molecular weight excluding hydrogens is 130 g/mol. The summed E-state index contributed by atoms with van der Waals surface area (Å²) in [6.07, 6.45) is 0.495. The Morgan fingerprint density at radius 3 is 2.80 bits per heavy atom. The monoisotopic (exact) mass is 140 g/mol. The van der Waals surface area contributed by atoms with E-state index in [1.807, 2.05) is 6.07 Å². The second-order valence-corrected chi connectivity index (χ2v) is 1.76. The summed E-state index contributed by atoms with van der Waals surface area (Å²) in [7, 11) is 0. The van der Waals surface area contributed by atoms with E-state index in [1.54, 1.807) is 6.92 Å². The highest BCUT2D eigenvalue weighted by Crippen LogP contribution is 2.02. The molecule has 0 heterocycles. The molecule has 3 nitrogen and oxygen atoms in total. The summed E-state index contributed by atoms with van der Waals surface area (Å²) >= 11 is 0. The van der Waals surface area contributed by atoms with Gasteiger partial charge in [-0.2, -0.15) is 5.26 Å². The zero-order chi connectivity index (χ0) is 7.98. The lowest BCUT2D eigenvalue weighted by molar-refractivity contribution is -0.145. The van der Waals surface area contributed by atoms with Crippen LogP contribution in [-0.2, 0) is 9.53 Å². The molecule has 0 amide bonds. The molecule has 0 saturated heterocycles. The summed E-state index contributed by atoms with van der Waals surface area (Å²) in [4.78, 5) is 10.7. The third kappa shape index (κ3) is 2.40. The predicted molar refractivity (Wildman–Crippen MR) is 35.7 cm³/mol. The van der Waals surface area contributed by atoms with Gasteiger partial charge >= 0.3 is 5.97 Å². The maximum absolute atomic E-state index is 10.7. The standard InChI is InChI=1S/C7H10NO2/c1-3-6(5-8)7(9)10-4-2/h6H,2-4H2,1H3/q+1. The molecular formula is C7H10NO2+. The van der Waals surface area contributed by atoms with Gasteiger partial charge in [-0.1, -0.05) is 6.92 Å². The summed E-state index contributed by atoms with van der Waals surface area (Å²) in [6, 6.07) is 1.83. The topological polar surface area (TPSA) is 50.1 Å². The molecule has 54 valence electrons. The van der Waals surface area contributed by atoms with Crippen molar-refractivity contribution < 1.29 is 9.53 Å². The molecule has 0 N–H and O–H groups in total. The van der Waals surface area contributed by atoms with E-state index < -0.39 is 11.9 Å². The average Bonchev–Trinajstić information content (AvgIpc) is 1.91. The summed E-state index contributed by atoms with van der Waals surface area (Å²) in [5.41, 5.74) is 0. The number of nitriles is 1. The van der Waals surface area contributed by atoms with E-state index in [4.69, 9.17) is 5.26 Å². The van der Waals surface area contributed by atoms with Gasteiger partial charge in [0.2, 0.25) is 6.61 Å². The third-order valence-electron chi connectivity index (χ3n) is 1.09. The quantitative estimate of drug-likeness (QED) is 0.432. The molecule has 0 fully saturated rings. The molecule has 0 radical (unpaired) electrons. The van der Waals surface area contributed by atoms with Gasteiger partial charge < -0.3 is 4.74 Å². The first-order valence-electron chi connectivity index (χ1n) is 3.11. The number of nitrogens with zero attached hydrogens (tertiary/aromatic N) is 1. The maximum Gasteiger partial charge on any atom is 0.326 e. The highest BCUT2D eigenvalue weighted by Gasteiger charge is 2.16. The Morgan fingerprint density at radius 1 is 1.90 bits per heavy atom. The number of hydrogen-bond acceptors (Lipinski definition) is 3. The first-order chi connectivity index (χ1) is 4.76. The molecule has 1 atom stereocenters. The lowest BCUT2D eigenvalue weighted by atomic mass is 10.1. The summed E-state index contributed by atoms with van der Waals surface area (Å²) in [5.74, 6) is -1.10. The molecule has 1 unspecified atom stereocenters. The van der Waals surface area contributed by atoms with E-state index in [0.29, 0.717) is 6.42 Å². The molecule has 0 aromatic rings. The largest absolute Gasteiger partial charge is 0.422 e. The molecule has 0 aromatic heterocycles. The van der Waals surface area contributed by atoms with Crippen LogP contribution in [0.15, 0.2) is 0 Å². The third-order valence-corrected chi connectivity index (χ3v) is 1.09. The van der Waals surface area contributed by atoms with Crippen LogP contribution in [0.25, 0.3) is 0 Å². The van der Waals surface area contributed by atoms with Crippen molar-refractivity contribution in [2.24, 2.45) is 5.92 Å². The fourth-order valence-corrected chi connectivity index (χ4v) is 0.512. The molecule has 0 aliphatic heterocycles. The second-order valence-electron chi connectivity index (χ2n) is 1.76. The first-order valence-corrected chi connectivity index (χ1v) is 3.11. The van der Waals surface area contributed by atoms with Crippen LogP contribution in [0.1, 0.15) is 13.3 Å². The zero-order valence-electron chi connectivity index (χ0n) is 5.96. The smallest absolute Gasteiger partial charge is 0.326 e. The van der Waals surface area contributed by atoms with Crippen molar-refractivity contribution in [3.8, 4) is 6.07 Å². The van der Waals surface area contributed by atoms with Crippen molar-refractivity contribution in [2.75, 3.05) is 6.61 Å². The van der Waals surface area contributed by atoms with Crippen molar-refractivity contribution in [1.29, 1.82) is 5.26 Å². The van der Waals surface area contributed by atoms with Crippen LogP contribution in [0, 0.1) is 24.2 Å². The van der Waals surface area contributed by atoms with Gasteiger partial charge in [-0.25, -0.2) is 0 Å². The van der Waals surface area contributed by atoms with Crippen molar-refractivity contribution >= 4 is 5.97 Å². The fraction of sp³-hybridized carbons (Fsp3) is 0.571. The Labute approximate surface area is 60.6 Å². The van der Waals surface area contributed by atoms with Crippen molar-refractivity contribution in [2.45, 2.75) is 13.3 Å². The normalized spacial score (nSPS) is 11.6. The van der Waals surface area contributed by atoms with Crippen molar-refractivity contribution in [1.82, 2.24) is 0 Å². The molecule has 10 heavy (non-hydrogen) atoms.